The molecular weight excluding hydrogens is 387 g/mol. The van der Waals surface area contributed by atoms with Crippen LogP contribution in [-0.4, -0.2) is 20.9 Å². The molecule has 0 saturated carbocycles. The van der Waals surface area contributed by atoms with Gasteiger partial charge in [0.15, 0.2) is 12.4 Å². The largest absolute Gasteiger partial charge is 1.00 e. The molecule has 2 aromatic carbocycles. The number of imidazole rings is 1. The fraction of sp³-hybridized carbons (Fsp3) is 0. The average Bonchev–Trinajstić information content (AvgIpc) is 3.09. The number of aromatic nitrogens is 4. The van der Waals surface area contributed by atoms with Crippen molar-refractivity contribution in [3.8, 4) is 11.4 Å². The van der Waals surface area contributed by atoms with E-state index in [4.69, 9.17) is 4.98 Å². The van der Waals surface area contributed by atoms with Crippen LogP contribution >= 0.6 is 0 Å². The van der Waals surface area contributed by atoms with Crippen molar-refractivity contribution in [2.75, 3.05) is 0 Å². The molecule has 0 aliphatic heterocycles. The molecule has 5 aromatic rings. The molecule has 0 bridgehead atoms. The van der Waals surface area contributed by atoms with Crippen molar-refractivity contribution in [3.05, 3.63) is 67.0 Å². The van der Waals surface area contributed by atoms with Gasteiger partial charge in [-0.3, -0.25) is 0 Å². The second-order valence-corrected chi connectivity index (χ2v) is 5.59. The summed E-state index contributed by atoms with van der Waals surface area (Å²) in [5.41, 5.74) is 5.29. The molecule has 140 valence electrons. The van der Waals surface area contributed by atoms with Crippen molar-refractivity contribution in [2.24, 2.45) is 0 Å². The third-order valence-corrected chi connectivity index (χ3v) is 4.24. The number of nitrogens with zero attached hydrogens (tertiary/aromatic N) is 1. The van der Waals surface area contributed by atoms with Crippen molar-refractivity contribution in [2.45, 2.75) is 0 Å². The summed E-state index contributed by atoms with van der Waals surface area (Å²) < 4.78 is 0. The summed E-state index contributed by atoms with van der Waals surface area (Å²) in [4.78, 5) is 15.1. The maximum absolute atomic E-state index is 4.87. The Morgan fingerprint density at radius 2 is 1.30 bits per heavy atom. The van der Waals surface area contributed by atoms with Gasteiger partial charge in [-0.15, -0.1) is 0 Å². The maximum Gasteiger partial charge on any atom is 0.285 e. The molecule has 0 amide bonds. The smallest absolute Gasteiger partial charge is 0.285 e. The van der Waals surface area contributed by atoms with E-state index in [1.165, 1.54) is 0 Å². The third kappa shape index (κ3) is 3.43. The lowest BCUT2D eigenvalue weighted by Gasteiger charge is -1.96. The molecule has 0 aliphatic rings. The van der Waals surface area contributed by atoms with Gasteiger partial charge in [-0.2, -0.15) is 0 Å². The van der Waals surface area contributed by atoms with E-state index in [1.54, 1.807) is 0 Å². The van der Waals surface area contributed by atoms with Crippen molar-refractivity contribution in [1.29, 1.82) is 0 Å². The molecule has 8 heteroatoms. The fourth-order valence-electron chi connectivity index (χ4n) is 3.19. The number of nitrogens with one attached hydrogen (secondary N) is 3. The van der Waals surface area contributed by atoms with Gasteiger partial charge in [-0.25, -0.2) is 15.0 Å². The minimum atomic E-state index is 0. The Hall–Kier alpha value is -2.77. The van der Waals surface area contributed by atoms with Crippen LogP contribution in [0.15, 0.2) is 67.0 Å². The molecule has 5 rings (SSSR count). The molecule has 27 heavy (non-hydrogen) atoms. The van der Waals surface area contributed by atoms with E-state index in [9.17, 15) is 0 Å². The first-order valence-corrected chi connectivity index (χ1v) is 7.60. The zero-order valence-corrected chi connectivity index (χ0v) is 15.6. The second kappa shape index (κ2) is 8.75. The van der Waals surface area contributed by atoms with Crippen LogP contribution < -0.4 is 34.8 Å². The van der Waals surface area contributed by atoms with Crippen molar-refractivity contribution in [1.82, 2.24) is 9.97 Å². The lowest BCUT2D eigenvalue weighted by atomic mass is 10.1. The third-order valence-electron chi connectivity index (χ3n) is 4.24. The van der Waals surface area contributed by atoms with Crippen molar-refractivity contribution >= 4 is 32.8 Å². The van der Waals surface area contributed by atoms with Crippen LogP contribution in [0.5, 0.6) is 0 Å². The topological polar surface area (TPSA) is 120 Å². The van der Waals surface area contributed by atoms with E-state index in [2.05, 4.69) is 39.2 Å². The number of hydrogen-bond donors (Lipinski definition) is 1. The minimum absolute atomic E-state index is 0. The summed E-state index contributed by atoms with van der Waals surface area (Å²) in [6.45, 7) is 0. The van der Waals surface area contributed by atoms with Crippen LogP contribution in [0.25, 0.3) is 44.2 Å². The highest BCUT2D eigenvalue weighted by Gasteiger charge is 2.20. The predicted octanol–water partition coefficient (Wildman–Crippen LogP) is -4.48. The second-order valence-electron chi connectivity index (χ2n) is 5.59. The first-order valence-electron chi connectivity index (χ1n) is 7.60. The Bertz CT molecular complexity index is 1110. The van der Waals surface area contributed by atoms with Gasteiger partial charge in [-0.1, -0.05) is 30.3 Å². The van der Waals surface area contributed by atoms with Gasteiger partial charge < -0.3 is 40.8 Å². The average molecular weight is 405 g/mol. The van der Waals surface area contributed by atoms with Crippen LogP contribution in [0.4, 0.5) is 0 Å². The van der Waals surface area contributed by atoms with Gasteiger partial charge in [-0.05, 0) is 12.1 Å². The van der Waals surface area contributed by atoms with Crippen LogP contribution in [0.1, 0.15) is 0 Å². The monoisotopic (exact) mass is 404 g/mol. The summed E-state index contributed by atoms with van der Waals surface area (Å²) in [5, 5.41) is 2.24. The lowest BCUT2D eigenvalue weighted by molar-refractivity contribution is -0.368. The molecule has 3 heterocycles. The normalized spacial score (nSPS) is 9.78. The number of halogens is 2. The van der Waals surface area contributed by atoms with Gasteiger partial charge in [0, 0.05) is 17.7 Å². The Balaban J connectivity index is 0.000000911. The number of rotatable bonds is 1. The van der Waals surface area contributed by atoms with E-state index in [-0.39, 0.29) is 35.8 Å². The molecule has 0 fully saturated rings. The maximum atomic E-state index is 4.87. The standard InChI is InChI=1S/C19H12N4.2ClH.2H2O/c1-2-6-12(7-3-1)19-22-17-13-8-4-10-20-15(13)16-14(18(17)23-19)9-5-11-21-16;;;;/h1-11H,(H,22,23);2*1H;2*1H2. The predicted molar refractivity (Wildman–Crippen MR) is 96.9 cm³/mol. The van der Waals surface area contributed by atoms with Gasteiger partial charge in [0.25, 0.3) is 11.0 Å². The Morgan fingerprint density at radius 1 is 0.704 bits per heavy atom. The van der Waals surface area contributed by atoms with E-state index in [0.717, 1.165) is 44.2 Å². The molecule has 0 atom stereocenters. The van der Waals surface area contributed by atoms with E-state index < -0.39 is 0 Å². The zero-order chi connectivity index (χ0) is 15.2. The van der Waals surface area contributed by atoms with Crippen LogP contribution in [0.3, 0.4) is 0 Å². The number of pyridine rings is 2. The molecule has 7 N–H and O–H groups in total. The van der Waals surface area contributed by atoms with Crippen molar-refractivity contribution in [3.63, 3.8) is 0 Å². The first-order chi connectivity index (χ1) is 11.4. The SMILES string of the molecule is O.O.[Cl-].[Cl-].c1ccc(-c2nc3c4ccc[nH+]c4c4[nH+]cccc4c3[nH]2)cc1. The van der Waals surface area contributed by atoms with E-state index >= 15 is 0 Å². The summed E-state index contributed by atoms with van der Waals surface area (Å²) in [6, 6.07) is 18.4. The van der Waals surface area contributed by atoms with Gasteiger partial charge in [0.05, 0.1) is 16.3 Å². The molecule has 0 saturated heterocycles. The molecule has 6 nitrogen and oxygen atoms in total. The Kier molecular flexibility index (Phi) is 7.21. The van der Waals surface area contributed by atoms with E-state index in [1.807, 2.05) is 42.7 Å². The highest BCUT2D eigenvalue weighted by molar-refractivity contribution is 6.18. The highest BCUT2D eigenvalue weighted by atomic mass is 35.5. The van der Waals surface area contributed by atoms with Crippen molar-refractivity contribution < 1.29 is 45.7 Å². The molecule has 0 radical (unpaired) electrons. The van der Waals surface area contributed by atoms with Gasteiger partial charge in [0.1, 0.15) is 11.3 Å². The van der Waals surface area contributed by atoms with Gasteiger partial charge >= 0.3 is 0 Å². The molecule has 0 aliphatic carbocycles. The molecule has 3 aromatic heterocycles. The Morgan fingerprint density at radius 3 is 1.96 bits per heavy atom. The number of benzene rings is 2. The molecule has 0 unspecified atom stereocenters. The lowest BCUT2D eigenvalue weighted by Crippen LogP contribution is -3.00. The first kappa shape index (κ1) is 22.3. The quantitative estimate of drug-likeness (QED) is 0.278. The number of fused-ring (bicyclic) bond motifs is 6. The van der Waals surface area contributed by atoms with Crippen LogP contribution in [0, 0.1) is 0 Å². The molecular formula is C19H18Cl2N4O2. The van der Waals surface area contributed by atoms with Crippen LogP contribution in [0.2, 0.25) is 0 Å². The number of aromatic amines is 3. The van der Waals surface area contributed by atoms with Crippen LogP contribution in [-0.2, 0) is 0 Å². The summed E-state index contributed by atoms with van der Waals surface area (Å²) in [5.74, 6) is 0.891. The summed E-state index contributed by atoms with van der Waals surface area (Å²) >= 11 is 0. The van der Waals surface area contributed by atoms with Gasteiger partial charge in [0.2, 0.25) is 0 Å². The summed E-state index contributed by atoms with van der Waals surface area (Å²) in [7, 11) is 0. The minimum Gasteiger partial charge on any atom is -1.00 e. The fourth-order valence-corrected chi connectivity index (χ4v) is 3.19. The number of H-pyrrole nitrogens is 3. The van der Waals surface area contributed by atoms with E-state index in [0.29, 0.717) is 0 Å². The molecule has 0 spiro atoms. The Labute approximate surface area is 167 Å². The zero-order valence-electron chi connectivity index (χ0n) is 14.1. The highest BCUT2D eigenvalue weighted by Crippen LogP contribution is 2.31. The number of hydrogen-bond acceptors (Lipinski definition) is 1. The summed E-state index contributed by atoms with van der Waals surface area (Å²) in [6.07, 6.45) is 3.89.